The Kier molecular flexibility index (Phi) is 3.16. The fraction of sp³-hybridized carbons (Fsp3) is 0.500. The van der Waals surface area contributed by atoms with Crippen molar-refractivity contribution in [2.75, 3.05) is 6.54 Å². The Morgan fingerprint density at radius 2 is 2.20 bits per heavy atom. The normalized spacial score (nSPS) is 12.1. The number of carboxylic acids is 1. The lowest BCUT2D eigenvalue weighted by atomic mass is 10.4. The molecular weight excluding hydrogens is 143 g/mol. The van der Waals surface area contributed by atoms with E-state index in [4.69, 9.17) is 5.11 Å². The van der Waals surface area contributed by atoms with Gasteiger partial charge in [-0.3, -0.25) is 0 Å². The van der Waals surface area contributed by atoms with Gasteiger partial charge >= 0.3 is 12.0 Å². The van der Waals surface area contributed by atoms with E-state index in [0.29, 0.717) is 0 Å². The number of aliphatic carboxylic acids is 1. The van der Waals surface area contributed by atoms with Crippen molar-refractivity contribution in [1.29, 1.82) is 0 Å². The first-order chi connectivity index (χ1) is 4.54. The number of nitrogens with two attached hydrogens (primary N) is 1. The van der Waals surface area contributed by atoms with Crippen molar-refractivity contribution in [3.63, 3.8) is 0 Å². The Morgan fingerprint density at radius 3 is 2.50 bits per heavy atom. The molecule has 0 bridgehead atoms. The predicted octanol–water partition coefficient (Wildman–Crippen LogP) is -0.923. The van der Waals surface area contributed by atoms with Crippen LogP contribution in [-0.4, -0.2) is 29.8 Å². The molecule has 0 aromatic rings. The van der Waals surface area contributed by atoms with Crippen molar-refractivity contribution < 1.29 is 19.1 Å². The van der Waals surface area contributed by atoms with Crippen LogP contribution in [0, 0.1) is 0 Å². The number of halogens is 1. The molecule has 0 aromatic heterocycles. The summed E-state index contributed by atoms with van der Waals surface area (Å²) in [6.45, 7) is -0.593. The molecule has 10 heavy (non-hydrogen) atoms. The van der Waals surface area contributed by atoms with Gasteiger partial charge in [0.25, 0.3) is 0 Å². The summed E-state index contributed by atoms with van der Waals surface area (Å²) in [6, 6.07) is -0.941. The standard InChI is InChI=1S/C4H7FN2O3/c5-2(3(8)9)1-7-4(6)10/h2H,1H2,(H,8,9)(H3,6,7,10)/t2-/m0/s1. The van der Waals surface area contributed by atoms with Crippen LogP contribution < -0.4 is 11.1 Å². The predicted molar refractivity (Wildman–Crippen MR) is 30.1 cm³/mol. The van der Waals surface area contributed by atoms with Crippen LogP contribution in [0.4, 0.5) is 9.18 Å². The smallest absolute Gasteiger partial charge is 0.340 e. The molecule has 0 unspecified atom stereocenters. The molecule has 6 heteroatoms. The number of amides is 2. The molecule has 0 saturated carbocycles. The fourth-order valence-electron chi connectivity index (χ4n) is 0.278. The van der Waals surface area contributed by atoms with Crippen LogP contribution in [0.1, 0.15) is 0 Å². The molecule has 0 radical (unpaired) electrons. The third kappa shape index (κ3) is 3.65. The van der Waals surface area contributed by atoms with Gasteiger partial charge < -0.3 is 16.2 Å². The Labute approximate surface area is 56.0 Å². The molecule has 0 rings (SSSR count). The van der Waals surface area contributed by atoms with Gasteiger partial charge in [0.15, 0.2) is 0 Å². The minimum absolute atomic E-state index is 0.593. The minimum Gasteiger partial charge on any atom is -0.479 e. The van der Waals surface area contributed by atoms with E-state index < -0.39 is 24.7 Å². The molecule has 0 heterocycles. The zero-order valence-electron chi connectivity index (χ0n) is 5.00. The van der Waals surface area contributed by atoms with Crippen molar-refractivity contribution in [3.05, 3.63) is 0 Å². The first kappa shape index (κ1) is 8.67. The van der Waals surface area contributed by atoms with E-state index in [0.717, 1.165) is 0 Å². The number of urea groups is 1. The van der Waals surface area contributed by atoms with Gasteiger partial charge in [0, 0.05) is 0 Å². The van der Waals surface area contributed by atoms with Gasteiger partial charge in [0.05, 0.1) is 6.54 Å². The molecule has 0 fully saturated rings. The first-order valence-electron chi connectivity index (χ1n) is 2.44. The van der Waals surface area contributed by atoms with Crippen molar-refractivity contribution in [3.8, 4) is 0 Å². The van der Waals surface area contributed by atoms with E-state index in [2.05, 4.69) is 5.73 Å². The number of hydrogen-bond acceptors (Lipinski definition) is 2. The van der Waals surface area contributed by atoms with Crippen molar-refractivity contribution in [2.45, 2.75) is 6.17 Å². The topological polar surface area (TPSA) is 92.4 Å². The SMILES string of the molecule is NC(=O)NC[C@H](F)C(=O)O. The molecule has 2 amide bonds. The highest BCUT2D eigenvalue weighted by atomic mass is 19.1. The first-order valence-corrected chi connectivity index (χ1v) is 2.44. The minimum atomic E-state index is -2.09. The molecule has 58 valence electrons. The summed E-state index contributed by atoms with van der Waals surface area (Å²) in [5.41, 5.74) is 4.53. The maximum Gasteiger partial charge on any atom is 0.340 e. The van der Waals surface area contributed by atoms with Gasteiger partial charge in [0.2, 0.25) is 6.17 Å². The molecule has 4 N–H and O–H groups in total. The van der Waals surface area contributed by atoms with E-state index in [9.17, 15) is 14.0 Å². The van der Waals surface area contributed by atoms with Gasteiger partial charge in [-0.05, 0) is 0 Å². The highest BCUT2D eigenvalue weighted by molar-refractivity contribution is 5.75. The summed E-state index contributed by atoms with van der Waals surface area (Å²) in [6.07, 6.45) is -2.09. The zero-order valence-corrected chi connectivity index (χ0v) is 5.00. The van der Waals surface area contributed by atoms with Crippen molar-refractivity contribution in [2.24, 2.45) is 5.73 Å². The van der Waals surface area contributed by atoms with Crippen LogP contribution in [0.3, 0.4) is 0 Å². The maximum absolute atomic E-state index is 12.0. The molecule has 0 aliphatic carbocycles. The van der Waals surface area contributed by atoms with Crippen molar-refractivity contribution >= 4 is 12.0 Å². The van der Waals surface area contributed by atoms with Gasteiger partial charge in [-0.1, -0.05) is 0 Å². The Bertz CT molecular complexity index is 149. The lowest BCUT2D eigenvalue weighted by Gasteiger charge is -2.01. The van der Waals surface area contributed by atoms with Gasteiger partial charge in [-0.25, -0.2) is 14.0 Å². The second-order valence-electron chi connectivity index (χ2n) is 1.55. The van der Waals surface area contributed by atoms with Gasteiger partial charge in [0.1, 0.15) is 0 Å². The molecule has 0 aliphatic heterocycles. The third-order valence-electron chi connectivity index (χ3n) is 0.723. The number of alkyl halides is 1. The highest BCUT2D eigenvalue weighted by Gasteiger charge is 2.14. The molecule has 0 aliphatic rings. The average Bonchev–Trinajstić information content (AvgIpc) is 1.82. The van der Waals surface area contributed by atoms with E-state index in [1.54, 1.807) is 0 Å². The summed E-state index contributed by atoms with van der Waals surface area (Å²) >= 11 is 0. The summed E-state index contributed by atoms with van der Waals surface area (Å²) in [5, 5.41) is 9.74. The fourth-order valence-corrected chi connectivity index (χ4v) is 0.278. The second-order valence-corrected chi connectivity index (χ2v) is 1.55. The summed E-state index contributed by atoms with van der Waals surface area (Å²) < 4.78 is 12.0. The highest BCUT2D eigenvalue weighted by Crippen LogP contribution is 1.86. The molecule has 0 saturated heterocycles. The molecule has 1 atom stereocenters. The number of nitrogens with one attached hydrogen (secondary N) is 1. The van der Waals surface area contributed by atoms with Crippen LogP contribution in [0.2, 0.25) is 0 Å². The quantitative estimate of drug-likeness (QED) is 0.485. The van der Waals surface area contributed by atoms with E-state index in [1.807, 2.05) is 5.32 Å². The molecule has 0 aromatic carbocycles. The summed E-state index contributed by atoms with van der Waals surface area (Å²) in [7, 11) is 0. The number of hydrogen-bond donors (Lipinski definition) is 3. The van der Waals surface area contributed by atoms with Crippen LogP contribution >= 0.6 is 0 Å². The van der Waals surface area contributed by atoms with E-state index >= 15 is 0 Å². The average molecular weight is 150 g/mol. The Balaban J connectivity index is 3.49. The van der Waals surface area contributed by atoms with Crippen LogP contribution in [-0.2, 0) is 4.79 Å². The lowest BCUT2D eigenvalue weighted by molar-refractivity contribution is -0.142. The number of carbonyl (C=O) groups is 2. The van der Waals surface area contributed by atoms with Gasteiger partial charge in [-0.15, -0.1) is 0 Å². The number of primary amides is 1. The summed E-state index contributed by atoms with van der Waals surface area (Å²) in [4.78, 5) is 19.6. The molecule has 5 nitrogen and oxygen atoms in total. The molecular formula is C4H7FN2O3. The van der Waals surface area contributed by atoms with Crippen LogP contribution in [0.5, 0.6) is 0 Å². The Hall–Kier alpha value is -1.33. The lowest BCUT2D eigenvalue weighted by Crippen LogP contribution is -2.37. The molecule has 0 spiro atoms. The van der Waals surface area contributed by atoms with Gasteiger partial charge in [-0.2, -0.15) is 0 Å². The summed E-state index contributed by atoms with van der Waals surface area (Å²) in [5.74, 6) is -1.62. The number of rotatable bonds is 3. The maximum atomic E-state index is 12.0. The van der Waals surface area contributed by atoms with Crippen LogP contribution in [0.25, 0.3) is 0 Å². The zero-order chi connectivity index (χ0) is 8.15. The number of carbonyl (C=O) groups excluding carboxylic acids is 1. The largest absolute Gasteiger partial charge is 0.479 e. The van der Waals surface area contributed by atoms with Crippen molar-refractivity contribution in [1.82, 2.24) is 5.32 Å². The third-order valence-corrected chi connectivity index (χ3v) is 0.723. The monoisotopic (exact) mass is 150 g/mol. The van der Waals surface area contributed by atoms with E-state index in [1.165, 1.54) is 0 Å². The van der Waals surface area contributed by atoms with E-state index in [-0.39, 0.29) is 0 Å². The number of carboxylic acid groups (broad SMARTS) is 1. The van der Waals surface area contributed by atoms with Crippen LogP contribution in [0.15, 0.2) is 0 Å². The Morgan fingerprint density at radius 1 is 1.70 bits per heavy atom. The second kappa shape index (κ2) is 3.65.